The standard InChI is InChI=1S/C15H39BrO2Si4.C4H10O/c1-19(2,3)17-21(6,7)14-15-22(8,9)18-20(4,5)13-11-10-12-16;1-2-3-4-5/h10-15H2,1-9H3;5H,2-4H2,1H3. The molecular weight excluding hydrogens is 468 g/mol. The Bertz CT molecular complexity index is 370. The van der Waals surface area contributed by atoms with Crippen LogP contribution in [0.2, 0.25) is 77.1 Å². The van der Waals surface area contributed by atoms with Crippen LogP contribution in [0.4, 0.5) is 0 Å². The first kappa shape index (κ1) is 30.4. The van der Waals surface area contributed by atoms with Gasteiger partial charge in [-0.1, -0.05) is 35.7 Å². The van der Waals surface area contributed by atoms with Gasteiger partial charge in [-0.25, -0.2) is 0 Å². The summed E-state index contributed by atoms with van der Waals surface area (Å²) in [4.78, 5) is 0. The number of alkyl halides is 1. The molecule has 0 aromatic rings. The Balaban J connectivity index is 0. The van der Waals surface area contributed by atoms with E-state index in [0.717, 1.165) is 18.2 Å². The predicted molar refractivity (Wildman–Crippen MR) is 137 cm³/mol. The van der Waals surface area contributed by atoms with Gasteiger partial charge in [0.25, 0.3) is 0 Å². The lowest BCUT2D eigenvalue weighted by Crippen LogP contribution is -2.47. The van der Waals surface area contributed by atoms with Gasteiger partial charge in [0.05, 0.1) is 0 Å². The second-order valence-corrected chi connectivity index (χ2v) is 29.0. The molecular formula is C19H49BrO3Si4. The molecule has 0 atom stereocenters. The predicted octanol–water partition coefficient (Wildman–Crippen LogP) is 7.42. The van der Waals surface area contributed by atoms with Crippen molar-refractivity contribution in [3.8, 4) is 0 Å². The molecule has 0 unspecified atom stereocenters. The van der Waals surface area contributed by atoms with Gasteiger partial charge in [0.1, 0.15) is 0 Å². The molecule has 8 heteroatoms. The Morgan fingerprint density at radius 3 is 1.44 bits per heavy atom. The number of hydrogen-bond donors (Lipinski definition) is 1. The maximum atomic E-state index is 8.07. The van der Waals surface area contributed by atoms with Gasteiger partial charge in [0.15, 0.2) is 33.3 Å². The summed E-state index contributed by atoms with van der Waals surface area (Å²) in [6, 6.07) is 3.80. The Morgan fingerprint density at radius 2 is 1.11 bits per heavy atom. The van der Waals surface area contributed by atoms with Crippen LogP contribution in [-0.2, 0) is 8.23 Å². The second kappa shape index (κ2) is 14.3. The summed E-state index contributed by atoms with van der Waals surface area (Å²) in [5.41, 5.74) is 0. The minimum absolute atomic E-state index is 0.344. The largest absolute Gasteiger partial charge is 0.456 e. The van der Waals surface area contributed by atoms with Gasteiger partial charge in [-0.3, -0.25) is 0 Å². The molecule has 0 aromatic heterocycles. The van der Waals surface area contributed by atoms with E-state index in [9.17, 15) is 0 Å². The van der Waals surface area contributed by atoms with Gasteiger partial charge in [0, 0.05) is 11.9 Å². The fourth-order valence-electron chi connectivity index (χ4n) is 3.14. The van der Waals surface area contributed by atoms with E-state index >= 15 is 0 Å². The van der Waals surface area contributed by atoms with E-state index in [1.54, 1.807) is 0 Å². The molecule has 0 radical (unpaired) electrons. The molecule has 0 bridgehead atoms. The van der Waals surface area contributed by atoms with Crippen molar-refractivity contribution in [3.05, 3.63) is 0 Å². The molecule has 1 N–H and O–H groups in total. The fourth-order valence-corrected chi connectivity index (χ4v) is 23.3. The first-order chi connectivity index (χ1) is 12.1. The van der Waals surface area contributed by atoms with Gasteiger partial charge in [-0.15, -0.1) is 0 Å². The van der Waals surface area contributed by atoms with E-state index < -0.39 is 33.3 Å². The van der Waals surface area contributed by atoms with Crippen LogP contribution in [0.15, 0.2) is 0 Å². The number of rotatable bonds is 13. The highest BCUT2D eigenvalue weighted by molar-refractivity contribution is 9.09. The molecule has 0 fully saturated rings. The molecule has 0 aliphatic rings. The fraction of sp³-hybridized carbons (Fsp3) is 1.00. The summed E-state index contributed by atoms with van der Waals surface area (Å²) in [5, 5.41) is 9.18. The molecule has 27 heavy (non-hydrogen) atoms. The minimum atomic E-state index is -1.56. The second-order valence-electron chi connectivity index (χ2n) is 10.3. The average Bonchev–Trinajstić information content (AvgIpc) is 2.43. The Hall–Kier alpha value is 1.23. The average molecular weight is 518 g/mol. The molecule has 0 saturated heterocycles. The maximum Gasteiger partial charge on any atom is 0.173 e. The van der Waals surface area contributed by atoms with Crippen LogP contribution in [0.25, 0.3) is 0 Å². The minimum Gasteiger partial charge on any atom is -0.456 e. The van der Waals surface area contributed by atoms with Crippen molar-refractivity contribution in [2.45, 2.75) is 110 Å². The normalized spacial score (nSPS) is 13.3. The van der Waals surface area contributed by atoms with E-state index in [1.807, 2.05) is 0 Å². The summed E-state index contributed by atoms with van der Waals surface area (Å²) in [5.74, 6) is 0. The number of unbranched alkanes of at least 4 members (excludes halogenated alkanes) is 2. The van der Waals surface area contributed by atoms with Crippen LogP contribution in [0.5, 0.6) is 0 Å². The van der Waals surface area contributed by atoms with Gasteiger partial charge in [-0.2, -0.15) is 0 Å². The van der Waals surface area contributed by atoms with Crippen molar-refractivity contribution in [1.29, 1.82) is 0 Å². The summed E-state index contributed by atoms with van der Waals surface area (Å²) < 4.78 is 13.2. The lowest BCUT2D eigenvalue weighted by Gasteiger charge is -2.37. The van der Waals surface area contributed by atoms with Crippen molar-refractivity contribution in [1.82, 2.24) is 0 Å². The van der Waals surface area contributed by atoms with Crippen LogP contribution < -0.4 is 0 Å². The zero-order valence-electron chi connectivity index (χ0n) is 20.0. The highest BCUT2D eigenvalue weighted by atomic mass is 79.9. The molecule has 0 heterocycles. The monoisotopic (exact) mass is 516 g/mol. The number of halogens is 1. The molecule has 0 aliphatic heterocycles. The highest BCUT2D eigenvalue weighted by Gasteiger charge is 2.36. The molecule has 166 valence electrons. The summed E-state index contributed by atoms with van der Waals surface area (Å²) >= 11 is 3.53. The zero-order chi connectivity index (χ0) is 21.8. The summed E-state index contributed by atoms with van der Waals surface area (Å²) in [6.45, 7) is 23.7. The van der Waals surface area contributed by atoms with E-state index in [4.69, 9.17) is 13.3 Å². The molecule has 0 aliphatic carbocycles. The smallest absolute Gasteiger partial charge is 0.173 e. The number of aliphatic hydroxyl groups is 1. The van der Waals surface area contributed by atoms with E-state index in [2.05, 4.69) is 81.8 Å². The number of hydrogen-bond acceptors (Lipinski definition) is 3. The van der Waals surface area contributed by atoms with Crippen molar-refractivity contribution in [3.63, 3.8) is 0 Å². The van der Waals surface area contributed by atoms with Gasteiger partial charge in [0.2, 0.25) is 0 Å². The Morgan fingerprint density at radius 1 is 0.667 bits per heavy atom. The third-order valence-electron chi connectivity index (χ3n) is 4.14. The third-order valence-corrected chi connectivity index (χ3v) is 18.7. The lowest BCUT2D eigenvalue weighted by molar-refractivity contribution is 0.287. The van der Waals surface area contributed by atoms with Gasteiger partial charge >= 0.3 is 0 Å². The quantitative estimate of drug-likeness (QED) is 0.157. The zero-order valence-corrected chi connectivity index (χ0v) is 25.6. The van der Waals surface area contributed by atoms with E-state index in [0.29, 0.717) is 6.61 Å². The Labute approximate surface area is 183 Å². The SMILES string of the molecule is CCCCO.C[Si](C)(C)O[Si](C)(C)CC[Si](C)(C)O[Si](C)(C)CCCCBr. The molecule has 0 spiro atoms. The van der Waals surface area contributed by atoms with E-state index in [1.165, 1.54) is 31.0 Å². The van der Waals surface area contributed by atoms with Crippen LogP contribution >= 0.6 is 15.9 Å². The molecule has 0 saturated carbocycles. The van der Waals surface area contributed by atoms with Crippen LogP contribution in [0, 0.1) is 0 Å². The third kappa shape index (κ3) is 21.7. The first-order valence-electron chi connectivity index (χ1n) is 10.7. The molecule has 0 aromatic carbocycles. The summed E-state index contributed by atoms with van der Waals surface area (Å²) in [7, 11) is -6.01. The maximum absolute atomic E-state index is 8.07. The lowest BCUT2D eigenvalue weighted by atomic mass is 10.4. The van der Waals surface area contributed by atoms with Crippen molar-refractivity contribution >= 4 is 49.2 Å². The molecule has 0 rings (SSSR count). The van der Waals surface area contributed by atoms with Gasteiger partial charge < -0.3 is 13.3 Å². The van der Waals surface area contributed by atoms with Crippen molar-refractivity contribution < 1.29 is 13.3 Å². The summed E-state index contributed by atoms with van der Waals surface area (Å²) in [6.07, 6.45) is 4.61. The first-order valence-corrected chi connectivity index (χ1v) is 24.5. The Kier molecular flexibility index (Phi) is 16.1. The van der Waals surface area contributed by atoms with Crippen molar-refractivity contribution in [2.75, 3.05) is 11.9 Å². The van der Waals surface area contributed by atoms with Gasteiger partial charge in [-0.05, 0) is 89.9 Å². The van der Waals surface area contributed by atoms with E-state index in [-0.39, 0.29) is 0 Å². The van der Waals surface area contributed by atoms with Crippen molar-refractivity contribution in [2.24, 2.45) is 0 Å². The number of aliphatic hydroxyl groups excluding tert-OH is 1. The van der Waals surface area contributed by atoms with Crippen LogP contribution in [0.3, 0.4) is 0 Å². The molecule has 3 nitrogen and oxygen atoms in total. The van der Waals surface area contributed by atoms with Crippen LogP contribution in [-0.4, -0.2) is 50.3 Å². The highest BCUT2D eigenvalue weighted by Crippen LogP contribution is 2.28. The topological polar surface area (TPSA) is 38.7 Å². The van der Waals surface area contributed by atoms with Crippen LogP contribution in [0.1, 0.15) is 32.6 Å². The molecule has 0 amide bonds.